The lowest BCUT2D eigenvalue weighted by molar-refractivity contribution is -0.139. The van der Waals surface area contributed by atoms with E-state index in [1.54, 1.807) is 48.5 Å². The van der Waals surface area contributed by atoms with E-state index in [0.717, 1.165) is 57.8 Å². The Bertz CT molecular complexity index is 4580. The Kier molecular flexibility index (Phi) is 29.4. The van der Waals surface area contributed by atoms with Crippen LogP contribution in [0.15, 0.2) is 267 Å². The Hall–Kier alpha value is -11.7. The van der Waals surface area contributed by atoms with Gasteiger partial charge in [0.15, 0.2) is 5.78 Å². The van der Waals surface area contributed by atoms with Gasteiger partial charge in [0.05, 0.1) is 22.3 Å². The van der Waals surface area contributed by atoms with Crippen LogP contribution in [0.3, 0.4) is 0 Å². The monoisotopic (exact) mass is 1430 g/mol. The van der Waals surface area contributed by atoms with Crippen LogP contribution in [-0.2, 0) is 18.8 Å². The maximum atomic E-state index is 13.1. The number of amides is 1. The van der Waals surface area contributed by atoms with Gasteiger partial charge in [-0.25, -0.2) is 9.59 Å². The Morgan fingerprint density at radius 3 is 0.858 bits per heavy atom. The van der Waals surface area contributed by atoms with Gasteiger partial charge in [0.2, 0.25) is 0 Å². The van der Waals surface area contributed by atoms with E-state index in [0.29, 0.717) is 45.7 Å². The molecule has 13 heteroatoms. The van der Waals surface area contributed by atoms with Crippen molar-refractivity contribution < 1.29 is 55.0 Å². The second kappa shape index (κ2) is 38.2. The molecule has 12 aromatic carbocycles. The molecule has 0 aliphatic rings. The summed E-state index contributed by atoms with van der Waals surface area (Å²) >= 11 is 0. The largest absolute Gasteiger partial charge is 0.423 e. The van der Waals surface area contributed by atoms with E-state index in [9.17, 15) is 45.5 Å². The number of carbonyl (C=O) groups excluding carboxylic acids is 4. The summed E-state index contributed by atoms with van der Waals surface area (Å²) < 4.78 is 89.5. The number of rotatable bonds is 11. The highest BCUT2D eigenvalue weighted by atomic mass is 19.4. The quantitative estimate of drug-likeness (QED) is 0.0600. The first-order valence-corrected chi connectivity index (χ1v) is 34.5. The summed E-state index contributed by atoms with van der Waals surface area (Å²) in [6.07, 6.45) is -8.98. The molecule has 1 N–H and O–H groups in total. The van der Waals surface area contributed by atoms with E-state index in [1.807, 2.05) is 163 Å². The van der Waals surface area contributed by atoms with Crippen molar-refractivity contribution >= 4 is 29.3 Å². The number of ketones is 1. The molecule has 0 aromatic heterocycles. The second-order valence-electron chi connectivity index (χ2n) is 26.5. The number of esters is 2. The Morgan fingerprint density at radius 1 is 0.283 bits per heavy atom. The maximum Gasteiger partial charge on any atom is 0.417 e. The van der Waals surface area contributed by atoms with Gasteiger partial charge >= 0.3 is 24.3 Å². The lowest BCUT2D eigenvalue weighted by atomic mass is 9.92. The standard InChI is InChI=1S/C22H18O4.C16H12F6.C16H16O.C16H18.C15H15NO.C8H10/c1-15-3-11-19(12-4-15)25-21(23)17-7-9-18(10-8-17)22(24)26-20-13-5-16(2)6-14-20;1-9-3-5-11(13(7-9)15(17,18)19)12-6-4-10(2)8-14(12)16(20,21)22;1-12-3-7-14(8-4-12)11-16(17)15-9-5-13(2)6-10-15;1-11-5-7-15(13(3)9-11)16-8-6-12(2)10-14(16)4;1-11-3-7-13(8-4-11)15(17)16-14-9-5-12(2)6-10-14;1-7-3-5-8(2)6-4-7/h3-14H,1-2H3;3-8H,1-2H3;3-10H,11H2,1-2H3;5-10H,1-4H3;3-10H,1-2H3,(H,16,17);3-6H,1-2H3. The maximum absolute atomic E-state index is 13.1. The number of benzene rings is 12. The lowest BCUT2D eigenvalue weighted by Gasteiger charge is -2.18. The fraction of sp³-hybridized carbons (Fsp3) is 0.183. The molecular weight excluding hydrogens is 1340 g/mol. The Morgan fingerprint density at radius 2 is 0.538 bits per heavy atom. The van der Waals surface area contributed by atoms with Crippen LogP contribution < -0.4 is 14.8 Å². The minimum absolute atomic E-state index is 0.0751. The molecule has 0 saturated carbocycles. The first kappa shape index (κ1) is 81.6. The summed E-state index contributed by atoms with van der Waals surface area (Å²) in [5.74, 6) is 0.0919. The van der Waals surface area contributed by atoms with Crippen LogP contribution in [0.1, 0.15) is 136 Å². The van der Waals surface area contributed by atoms with Crippen LogP contribution in [0, 0.1) is 96.9 Å². The predicted octanol–water partition coefficient (Wildman–Crippen LogP) is 24.9. The summed E-state index contributed by atoms with van der Waals surface area (Å²) in [7, 11) is 0. The molecule has 0 heterocycles. The van der Waals surface area contributed by atoms with Gasteiger partial charge in [0.1, 0.15) is 11.5 Å². The molecule has 0 unspecified atom stereocenters. The highest BCUT2D eigenvalue weighted by Gasteiger charge is 2.38. The van der Waals surface area contributed by atoms with Gasteiger partial charge in [-0.2, -0.15) is 26.3 Å². The van der Waals surface area contributed by atoms with E-state index in [4.69, 9.17) is 9.47 Å². The SMILES string of the molecule is Cc1ccc(-c2ccc(C)cc2C(F)(F)F)c(C(F)(F)F)c1.Cc1ccc(-c2ccc(C)cc2C)c(C)c1.Cc1ccc(C)cc1.Cc1ccc(CC(=O)c2ccc(C)cc2)cc1.Cc1ccc(NC(=O)c2ccc(C)cc2)cc1.Cc1ccc(OC(=O)c2ccc(C(=O)Oc3ccc(C)cc3)cc2)cc1. The Balaban J connectivity index is 0.000000182. The second-order valence-corrected chi connectivity index (χ2v) is 26.5. The number of Topliss-reactive ketones (excluding diaryl/α,β-unsaturated/α-hetero) is 1. The Labute approximate surface area is 619 Å². The van der Waals surface area contributed by atoms with Gasteiger partial charge < -0.3 is 14.8 Å². The molecule has 0 bridgehead atoms. The molecule has 0 aliphatic carbocycles. The fourth-order valence-electron chi connectivity index (χ4n) is 10.7. The zero-order chi connectivity index (χ0) is 77.4. The topological polar surface area (TPSA) is 98.8 Å². The van der Waals surface area contributed by atoms with Crippen LogP contribution in [0.25, 0.3) is 22.3 Å². The molecule has 0 atom stereocenters. The van der Waals surface area contributed by atoms with E-state index in [1.165, 1.54) is 87.2 Å². The highest BCUT2D eigenvalue weighted by Crippen LogP contribution is 2.43. The third kappa shape index (κ3) is 25.9. The molecule has 12 rings (SSSR count). The predicted molar refractivity (Wildman–Crippen MR) is 418 cm³/mol. The fourth-order valence-corrected chi connectivity index (χ4v) is 10.7. The first-order chi connectivity index (χ1) is 50.2. The van der Waals surface area contributed by atoms with Crippen LogP contribution in [0.4, 0.5) is 32.0 Å². The van der Waals surface area contributed by atoms with E-state index in [2.05, 4.69) is 108 Å². The zero-order valence-corrected chi connectivity index (χ0v) is 62.3. The number of alkyl halides is 6. The summed E-state index contributed by atoms with van der Waals surface area (Å²) in [5, 5.41) is 2.87. The van der Waals surface area contributed by atoms with Crippen LogP contribution in [-0.4, -0.2) is 23.6 Å². The van der Waals surface area contributed by atoms with Gasteiger partial charge in [-0.1, -0.05) is 249 Å². The summed E-state index contributed by atoms with van der Waals surface area (Å²) in [4.78, 5) is 48.2. The number of anilines is 1. The number of carbonyl (C=O) groups is 4. The normalized spacial score (nSPS) is 10.6. The van der Waals surface area contributed by atoms with Crippen molar-refractivity contribution in [2.45, 2.75) is 116 Å². The van der Waals surface area contributed by atoms with Crippen LogP contribution >= 0.6 is 0 Å². The van der Waals surface area contributed by atoms with Gasteiger partial charge in [0, 0.05) is 23.2 Å². The number of hydrogen-bond donors (Lipinski definition) is 1. The number of nitrogens with one attached hydrogen (secondary N) is 1. The van der Waals surface area contributed by atoms with Crippen LogP contribution in [0.2, 0.25) is 0 Å². The average molecular weight is 1430 g/mol. The molecule has 106 heavy (non-hydrogen) atoms. The minimum Gasteiger partial charge on any atom is -0.423 e. The summed E-state index contributed by atoms with van der Waals surface area (Å²) in [6, 6.07) is 80.1. The van der Waals surface area contributed by atoms with Crippen molar-refractivity contribution in [3.05, 3.63) is 384 Å². The van der Waals surface area contributed by atoms with Crippen molar-refractivity contribution in [3.63, 3.8) is 0 Å². The van der Waals surface area contributed by atoms with E-state index in [-0.39, 0.29) is 11.7 Å². The van der Waals surface area contributed by atoms with Crippen molar-refractivity contribution in [1.29, 1.82) is 0 Å². The highest BCUT2D eigenvalue weighted by molar-refractivity contribution is 6.04. The first-order valence-electron chi connectivity index (χ1n) is 34.5. The third-order valence-corrected chi connectivity index (χ3v) is 16.8. The lowest BCUT2D eigenvalue weighted by Crippen LogP contribution is -2.11. The van der Waals surface area contributed by atoms with Gasteiger partial charge in [0.25, 0.3) is 5.91 Å². The number of hydrogen-bond acceptors (Lipinski definition) is 6. The molecular formula is C93H89F6NO6. The van der Waals surface area contributed by atoms with E-state index < -0.39 is 46.5 Å². The molecule has 0 radical (unpaired) electrons. The molecule has 0 spiro atoms. The average Bonchev–Trinajstić information content (AvgIpc) is 0.774. The smallest absolute Gasteiger partial charge is 0.417 e. The molecule has 0 saturated heterocycles. The molecule has 12 aromatic rings. The number of ether oxygens (including phenoxy) is 2. The van der Waals surface area contributed by atoms with Crippen molar-refractivity contribution in [1.82, 2.24) is 0 Å². The van der Waals surface area contributed by atoms with Crippen molar-refractivity contribution in [2.24, 2.45) is 0 Å². The van der Waals surface area contributed by atoms with Gasteiger partial charge in [-0.15, -0.1) is 0 Å². The molecule has 544 valence electrons. The number of halogens is 6. The molecule has 1 amide bonds. The summed E-state index contributed by atoms with van der Waals surface area (Å²) in [6.45, 7) is 27.8. The minimum atomic E-state index is -4.73. The molecule has 0 fully saturated rings. The van der Waals surface area contributed by atoms with Crippen LogP contribution in [0.5, 0.6) is 11.5 Å². The van der Waals surface area contributed by atoms with Gasteiger partial charge in [-0.05, 0) is 221 Å². The van der Waals surface area contributed by atoms with E-state index >= 15 is 0 Å². The number of aryl methyl sites for hydroxylation is 14. The van der Waals surface area contributed by atoms with Gasteiger partial charge in [-0.3, -0.25) is 9.59 Å². The van der Waals surface area contributed by atoms with Crippen molar-refractivity contribution in [3.8, 4) is 33.8 Å². The molecule has 0 aliphatic heterocycles. The zero-order valence-electron chi connectivity index (χ0n) is 62.3. The molecule has 7 nitrogen and oxygen atoms in total. The third-order valence-electron chi connectivity index (χ3n) is 16.8. The summed E-state index contributed by atoms with van der Waals surface area (Å²) in [5.41, 5.74) is 19.3. The van der Waals surface area contributed by atoms with Crippen molar-refractivity contribution in [2.75, 3.05) is 5.32 Å².